The molecule has 0 fully saturated rings. The Morgan fingerprint density at radius 3 is 1.77 bits per heavy atom. The van der Waals surface area contributed by atoms with Crippen LogP contribution in [-0.4, -0.2) is 59.9 Å². The SMILES string of the molecule is CCCCCCCCCC(I)CCCCCCCCOC(CC(=O)O)C[N+](C)(C)C. The van der Waals surface area contributed by atoms with Gasteiger partial charge in [0.2, 0.25) is 0 Å². The number of hydrogen-bond acceptors (Lipinski definition) is 2. The summed E-state index contributed by atoms with van der Waals surface area (Å²) in [6.45, 7) is 3.71. The Morgan fingerprint density at radius 1 is 0.833 bits per heavy atom. The fourth-order valence-electron chi connectivity index (χ4n) is 3.87. The van der Waals surface area contributed by atoms with Crippen LogP contribution >= 0.6 is 22.6 Å². The minimum Gasteiger partial charge on any atom is -0.481 e. The van der Waals surface area contributed by atoms with E-state index in [-0.39, 0.29) is 12.5 Å². The van der Waals surface area contributed by atoms with Crippen LogP contribution in [0, 0.1) is 0 Å². The van der Waals surface area contributed by atoms with E-state index < -0.39 is 5.97 Å². The highest BCUT2D eigenvalue weighted by Gasteiger charge is 2.21. The van der Waals surface area contributed by atoms with E-state index in [1.807, 2.05) is 0 Å². The van der Waals surface area contributed by atoms with E-state index in [0.29, 0.717) is 6.61 Å². The summed E-state index contributed by atoms with van der Waals surface area (Å²) in [5.41, 5.74) is 0. The number of halogens is 1. The van der Waals surface area contributed by atoms with Gasteiger partial charge in [-0.05, 0) is 19.3 Å². The molecule has 0 rings (SSSR count). The lowest BCUT2D eigenvalue weighted by Gasteiger charge is -2.28. The molecule has 4 nitrogen and oxygen atoms in total. The molecule has 0 saturated heterocycles. The summed E-state index contributed by atoms with van der Waals surface area (Å²) < 4.78 is 7.46. The summed E-state index contributed by atoms with van der Waals surface area (Å²) in [6.07, 6.45) is 20.1. The molecule has 0 spiro atoms. The Kier molecular flexibility index (Phi) is 19.9. The lowest BCUT2D eigenvalue weighted by atomic mass is 10.0. The summed E-state index contributed by atoms with van der Waals surface area (Å²) in [7, 11) is 6.23. The zero-order chi connectivity index (χ0) is 22.7. The first-order chi connectivity index (χ1) is 14.2. The monoisotopic (exact) mass is 540 g/mol. The summed E-state index contributed by atoms with van der Waals surface area (Å²) in [6, 6.07) is 0. The maximum Gasteiger partial charge on any atom is 0.306 e. The van der Waals surface area contributed by atoms with Gasteiger partial charge in [-0.15, -0.1) is 0 Å². The predicted molar refractivity (Wildman–Crippen MR) is 138 cm³/mol. The maximum atomic E-state index is 11.0. The molecular formula is C25H51INO3+. The van der Waals surface area contributed by atoms with Crippen molar-refractivity contribution < 1.29 is 19.1 Å². The van der Waals surface area contributed by atoms with Crippen molar-refractivity contribution in [2.45, 2.75) is 120 Å². The number of aliphatic carboxylic acids is 1. The highest BCUT2D eigenvalue weighted by Crippen LogP contribution is 2.20. The summed E-state index contributed by atoms with van der Waals surface area (Å²) in [5, 5.41) is 9.06. The molecule has 0 aliphatic carbocycles. The average Bonchev–Trinajstić information content (AvgIpc) is 2.64. The van der Waals surface area contributed by atoms with E-state index in [2.05, 4.69) is 50.7 Å². The number of quaternary nitrogens is 1. The number of hydrogen-bond donors (Lipinski definition) is 1. The van der Waals surface area contributed by atoms with Gasteiger partial charge in [-0.1, -0.05) is 107 Å². The topological polar surface area (TPSA) is 46.5 Å². The van der Waals surface area contributed by atoms with Gasteiger partial charge in [-0.3, -0.25) is 4.79 Å². The Morgan fingerprint density at radius 2 is 1.30 bits per heavy atom. The number of carboxylic acids is 1. The van der Waals surface area contributed by atoms with Crippen LogP contribution in [0.5, 0.6) is 0 Å². The normalized spacial score (nSPS) is 14.0. The standard InChI is InChI=1S/C25H50INO3/c1-5-6-7-8-9-12-15-18-23(26)19-16-13-10-11-14-17-20-30-24(21-25(28)29)22-27(2,3)4/h23-24H,5-22H2,1-4H3/p+1. The van der Waals surface area contributed by atoms with E-state index in [4.69, 9.17) is 9.84 Å². The van der Waals surface area contributed by atoms with E-state index in [1.165, 1.54) is 89.9 Å². The zero-order valence-corrected chi connectivity index (χ0v) is 22.6. The van der Waals surface area contributed by atoms with E-state index in [0.717, 1.165) is 21.4 Å². The zero-order valence-electron chi connectivity index (χ0n) is 20.5. The number of alkyl halides is 1. The van der Waals surface area contributed by atoms with Gasteiger partial charge in [0.05, 0.1) is 27.6 Å². The smallest absolute Gasteiger partial charge is 0.306 e. The Balaban J connectivity index is 3.52. The van der Waals surface area contributed by atoms with Gasteiger partial charge < -0.3 is 14.3 Å². The molecule has 2 atom stereocenters. The molecular weight excluding hydrogens is 489 g/mol. The third kappa shape index (κ3) is 22.8. The highest BCUT2D eigenvalue weighted by atomic mass is 127. The van der Waals surface area contributed by atoms with Crippen molar-refractivity contribution in [2.24, 2.45) is 0 Å². The van der Waals surface area contributed by atoms with Gasteiger partial charge in [0.1, 0.15) is 12.6 Å². The number of likely N-dealkylation sites (N-methyl/N-ethyl adjacent to an activating group) is 1. The van der Waals surface area contributed by atoms with Crippen LogP contribution in [0.2, 0.25) is 0 Å². The molecule has 0 aliphatic heterocycles. The van der Waals surface area contributed by atoms with Crippen LogP contribution < -0.4 is 0 Å². The van der Waals surface area contributed by atoms with E-state index >= 15 is 0 Å². The lowest BCUT2D eigenvalue weighted by Crippen LogP contribution is -2.43. The summed E-state index contributed by atoms with van der Waals surface area (Å²) in [4.78, 5) is 11.0. The molecule has 30 heavy (non-hydrogen) atoms. The third-order valence-electron chi connectivity index (χ3n) is 5.54. The molecule has 2 unspecified atom stereocenters. The molecule has 5 heteroatoms. The van der Waals surface area contributed by atoms with Crippen LogP contribution in [0.4, 0.5) is 0 Å². The first-order valence-electron chi connectivity index (χ1n) is 12.5. The maximum absolute atomic E-state index is 11.0. The summed E-state index contributed by atoms with van der Waals surface area (Å²) >= 11 is 2.66. The van der Waals surface area contributed by atoms with Crippen molar-refractivity contribution in [2.75, 3.05) is 34.3 Å². The molecule has 0 aromatic carbocycles. The number of carbonyl (C=O) groups is 1. The molecule has 0 saturated carbocycles. The Labute approximate surface area is 201 Å². The van der Waals surface area contributed by atoms with Crippen molar-refractivity contribution >= 4 is 28.6 Å². The molecule has 0 heterocycles. The van der Waals surface area contributed by atoms with Gasteiger partial charge in [0, 0.05) is 10.5 Å². The fraction of sp³-hybridized carbons (Fsp3) is 0.960. The largest absolute Gasteiger partial charge is 0.481 e. The van der Waals surface area contributed by atoms with Crippen molar-refractivity contribution in [3.05, 3.63) is 0 Å². The minimum atomic E-state index is -0.769. The number of rotatable bonds is 22. The van der Waals surface area contributed by atoms with Crippen LogP contribution in [0.3, 0.4) is 0 Å². The number of ether oxygens (including phenoxy) is 1. The average molecular weight is 541 g/mol. The number of nitrogens with zero attached hydrogens (tertiary/aromatic N) is 1. The molecule has 0 amide bonds. The molecule has 0 radical (unpaired) electrons. The van der Waals surface area contributed by atoms with Crippen molar-refractivity contribution in [1.29, 1.82) is 0 Å². The lowest BCUT2D eigenvalue weighted by molar-refractivity contribution is -0.873. The van der Waals surface area contributed by atoms with Crippen LogP contribution in [0.1, 0.15) is 110 Å². The van der Waals surface area contributed by atoms with E-state index in [9.17, 15) is 4.79 Å². The third-order valence-corrected chi connectivity index (χ3v) is 6.79. The molecule has 0 bridgehead atoms. The second-order valence-electron chi connectivity index (χ2n) is 9.98. The van der Waals surface area contributed by atoms with Gasteiger partial charge in [-0.25, -0.2) is 0 Å². The number of carboxylic acid groups (broad SMARTS) is 1. The quantitative estimate of drug-likeness (QED) is 0.0682. The second kappa shape index (κ2) is 19.8. The van der Waals surface area contributed by atoms with Crippen LogP contribution in [0.25, 0.3) is 0 Å². The van der Waals surface area contributed by atoms with Gasteiger partial charge >= 0.3 is 5.97 Å². The minimum absolute atomic E-state index is 0.103. The predicted octanol–water partition coefficient (Wildman–Crippen LogP) is 7.23. The van der Waals surface area contributed by atoms with Crippen molar-refractivity contribution in [1.82, 2.24) is 0 Å². The Bertz CT molecular complexity index is 398. The van der Waals surface area contributed by atoms with Crippen LogP contribution in [0.15, 0.2) is 0 Å². The molecule has 1 N–H and O–H groups in total. The van der Waals surface area contributed by atoms with Crippen molar-refractivity contribution in [3.8, 4) is 0 Å². The van der Waals surface area contributed by atoms with Gasteiger partial charge in [0.15, 0.2) is 0 Å². The van der Waals surface area contributed by atoms with Gasteiger partial charge in [-0.2, -0.15) is 0 Å². The molecule has 0 aromatic rings. The number of unbranched alkanes of at least 4 members (excludes halogenated alkanes) is 11. The summed E-state index contributed by atoms with van der Waals surface area (Å²) in [5.74, 6) is -0.769. The molecule has 180 valence electrons. The molecule has 0 aliphatic rings. The first kappa shape index (κ1) is 30.1. The first-order valence-corrected chi connectivity index (χ1v) is 13.8. The van der Waals surface area contributed by atoms with E-state index in [1.54, 1.807) is 0 Å². The van der Waals surface area contributed by atoms with Crippen LogP contribution in [-0.2, 0) is 9.53 Å². The fourth-order valence-corrected chi connectivity index (χ4v) is 4.75. The van der Waals surface area contributed by atoms with Gasteiger partial charge in [0.25, 0.3) is 0 Å². The van der Waals surface area contributed by atoms with Crippen molar-refractivity contribution in [3.63, 3.8) is 0 Å². The highest BCUT2D eigenvalue weighted by molar-refractivity contribution is 14.1. The second-order valence-corrected chi connectivity index (χ2v) is 11.7. The Hall–Kier alpha value is 0.120. The molecule has 0 aromatic heterocycles.